The molecule has 0 bridgehead atoms. The molecule has 1 aromatic rings. The van der Waals surface area contributed by atoms with Crippen molar-refractivity contribution in [2.45, 2.75) is 32.2 Å². The van der Waals surface area contributed by atoms with Gasteiger partial charge in [-0.2, -0.15) is 0 Å². The lowest BCUT2D eigenvalue weighted by atomic mass is 10.0. The summed E-state index contributed by atoms with van der Waals surface area (Å²) >= 11 is 3.50. The quantitative estimate of drug-likeness (QED) is 0.931. The Kier molecular flexibility index (Phi) is 4.64. The molecule has 4 heteroatoms. The standard InChI is InChI=1S/C14H19BrN2O/c1-2-14(18)16-12-6-8-17(9-7-12)13-5-3-4-11(15)10-13/h3-5,10,12H,2,6-9H2,1H3,(H,16,18). The molecule has 18 heavy (non-hydrogen) atoms. The van der Waals surface area contributed by atoms with E-state index >= 15 is 0 Å². The Morgan fingerprint density at radius 3 is 2.78 bits per heavy atom. The first kappa shape index (κ1) is 13.4. The average molecular weight is 311 g/mol. The number of nitrogens with zero attached hydrogens (tertiary/aromatic N) is 1. The van der Waals surface area contributed by atoms with Crippen LogP contribution in [-0.2, 0) is 4.79 Å². The molecule has 1 fully saturated rings. The van der Waals surface area contributed by atoms with E-state index in [4.69, 9.17) is 0 Å². The molecule has 0 atom stereocenters. The maximum atomic E-state index is 11.3. The monoisotopic (exact) mass is 310 g/mol. The molecule has 1 saturated heterocycles. The summed E-state index contributed by atoms with van der Waals surface area (Å²) in [6.07, 6.45) is 2.63. The number of anilines is 1. The van der Waals surface area contributed by atoms with Crippen molar-refractivity contribution in [2.24, 2.45) is 0 Å². The van der Waals surface area contributed by atoms with Crippen molar-refractivity contribution < 1.29 is 4.79 Å². The van der Waals surface area contributed by atoms with Crippen LogP contribution < -0.4 is 10.2 Å². The highest BCUT2D eigenvalue weighted by Gasteiger charge is 2.20. The molecule has 0 saturated carbocycles. The maximum Gasteiger partial charge on any atom is 0.219 e. The Morgan fingerprint density at radius 2 is 2.17 bits per heavy atom. The first-order valence-corrected chi connectivity index (χ1v) is 7.28. The first-order valence-electron chi connectivity index (χ1n) is 6.49. The predicted octanol–water partition coefficient (Wildman–Crippen LogP) is 2.94. The first-order chi connectivity index (χ1) is 8.69. The number of rotatable bonds is 3. The molecule has 1 amide bonds. The summed E-state index contributed by atoms with van der Waals surface area (Å²) in [7, 11) is 0. The van der Waals surface area contributed by atoms with Crippen molar-refractivity contribution >= 4 is 27.5 Å². The summed E-state index contributed by atoms with van der Waals surface area (Å²) in [6, 6.07) is 8.73. The normalized spacial score (nSPS) is 16.7. The van der Waals surface area contributed by atoms with E-state index in [1.54, 1.807) is 0 Å². The van der Waals surface area contributed by atoms with Gasteiger partial charge in [-0.15, -0.1) is 0 Å². The van der Waals surface area contributed by atoms with Crippen molar-refractivity contribution in [3.8, 4) is 0 Å². The molecule has 0 spiro atoms. The second-order valence-electron chi connectivity index (χ2n) is 4.66. The van der Waals surface area contributed by atoms with E-state index in [1.165, 1.54) is 5.69 Å². The lowest BCUT2D eigenvalue weighted by molar-refractivity contribution is -0.121. The second-order valence-corrected chi connectivity index (χ2v) is 5.58. The van der Waals surface area contributed by atoms with Crippen molar-refractivity contribution in [1.82, 2.24) is 5.32 Å². The van der Waals surface area contributed by atoms with Crippen molar-refractivity contribution in [1.29, 1.82) is 0 Å². The van der Waals surface area contributed by atoms with Gasteiger partial charge in [-0.1, -0.05) is 28.9 Å². The molecule has 98 valence electrons. The minimum absolute atomic E-state index is 0.163. The maximum absolute atomic E-state index is 11.3. The van der Waals surface area contributed by atoms with Crippen molar-refractivity contribution in [2.75, 3.05) is 18.0 Å². The molecule has 0 aromatic heterocycles. The summed E-state index contributed by atoms with van der Waals surface area (Å²) in [5, 5.41) is 3.08. The van der Waals surface area contributed by atoms with Crippen LogP contribution in [0.3, 0.4) is 0 Å². The van der Waals surface area contributed by atoms with Gasteiger partial charge in [-0.25, -0.2) is 0 Å². The van der Waals surface area contributed by atoms with E-state index in [1.807, 2.05) is 13.0 Å². The van der Waals surface area contributed by atoms with E-state index in [0.29, 0.717) is 12.5 Å². The summed E-state index contributed by atoms with van der Waals surface area (Å²) in [5.74, 6) is 0.163. The minimum atomic E-state index is 0.163. The van der Waals surface area contributed by atoms with Crippen LogP contribution in [0.25, 0.3) is 0 Å². The highest BCUT2D eigenvalue weighted by Crippen LogP contribution is 2.23. The number of carbonyl (C=O) groups excluding carboxylic acids is 1. The van der Waals surface area contributed by atoms with E-state index < -0.39 is 0 Å². The summed E-state index contributed by atoms with van der Waals surface area (Å²) < 4.78 is 1.11. The van der Waals surface area contributed by atoms with Gasteiger partial charge < -0.3 is 10.2 Å². The number of halogens is 1. The smallest absolute Gasteiger partial charge is 0.219 e. The molecule has 1 aliphatic rings. The third-order valence-corrected chi connectivity index (χ3v) is 3.85. The topological polar surface area (TPSA) is 32.3 Å². The molecule has 3 nitrogen and oxygen atoms in total. The third-order valence-electron chi connectivity index (χ3n) is 3.35. The second kappa shape index (κ2) is 6.23. The van der Waals surface area contributed by atoms with Gasteiger partial charge in [0.05, 0.1) is 0 Å². The lowest BCUT2D eigenvalue weighted by Gasteiger charge is -2.34. The minimum Gasteiger partial charge on any atom is -0.371 e. The van der Waals surface area contributed by atoms with Crippen LogP contribution in [0.5, 0.6) is 0 Å². The van der Waals surface area contributed by atoms with Gasteiger partial charge in [0.2, 0.25) is 5.91 Å². The average Bonchev–Trinajstić information content (AvgIpc) is 2.39. The van der Waals surface area contributed by atoms with E-state index in [-0.39, 0.29) is 5.91 Å². The van der Waals surface area contributed by atoms with Gasteiger partial charge in [0.1, 0.15) is 0 Å². The molecule has 0 aliphatic carbocycles. The number of benzene rings is 1. The van der Waals surface area contributed by atoms with Gasteiger partial charge in [0, 0.05) is 35.7 Å². The molecule has 0 radical (unpaired) electrons. The number of piperidine rings is 1. The van der Waals surface area contributed by atoms with Gasteiger partial charge in [0.25, 0.3) is 0 Å². The predicted molar refractivity (Wildman–Crippen MR) is 77.8 cm³/mol. The zero-order valence-corrected chi connectivity index (χ0v) is 12.2. The van der Waals surface area contributed by atoms with Crippen LogP contribution in [0.15, 0.2) is 28.7 Å². The summed E-state index contributed by atoms with van der Waals surface area (Å²) in [6.45, 7) is 3.90. The SMILES string of the molecule is CCC(=O)NC1CCN(c2cccc(Br)c2)CC1. The van der Waals surface area contributed by atoms with Crippen molar-refractivity contribution in [3.63, 3.8) is 0 Å². The Balaban J connectivity index is 1.88. The molecule has 1 heterocycles. The lowest BCUT2D eigenvalue weighted by Crippen LogP contribution is -2.44. The number of hydrogen-bond donors (Lipinski definition) is 1. The fourth-order valence-electron chi connectivity index (χ4n) is 2.28. The zero-order valence-electron chi connectivity index (χ0n) is 10.7. The fourth-order valence-corrected chi connectivity index (χ4v) is 2.67. The molecule has 2 rings (SSSR count). The Bertz CT molecular complexity index is 414. The van der Waals surface area contributed by atoms with Crippen molar-refractivity contribution in [3.05, 3.63) is 28.7 Å². The number of carbonyl (C=O) groups is 1. The van der Waals surface area contributed by atoms with Gasteiger partial charge >= 0.3 is 0 Å². The van der Waals surface area contributed by atoms with Crippen LogP contribution in [-0.4, -0.2) is 25.0 Å². The van der Waals surface area contributed by atoms with E-state index in [9.17, 15) is 4.79 Å². The zero-order chi connectivity index (χ0) is 13.0. The Labute approximate surface area is 117 Å². The largest absolute Gasteiger partial charge is 0.371 e. The van der Waals surface area contributed by atoms with Gasteiger partial charge in [0.15, 0.2) is 0 Å². The van der Waals surface area contributed by atoms with E-state index in [2.05, 4.69) is 44.3 Å². The summed E-state index contributed by atoms with van der Waals surface area (Å²) in [4.78, 5) is 13.7. The Morgan fingerprint density at radius 1 is 1.44 bits per heavy atom. The van der Waals surface area contributed by atoms with Crippen LogP contribution in [0.4, 0.5) is 5.69 Å². The van der Waals surface area contributed by atoms with Crippen LogP contribution in [0.1, 0.15) is 26.2 Å². The van der Waals surface area contributed by atoms with Crippen LogP contribution in [0.2, 0.25) is 0 Å². The van der Waals surface area contributed by atoms with Gasteiger partial charge in [-0.3, -0.25) is 4.79 Å². The van der Waals surface area contributed by atoms with Crippen LogP contribution >= 0.6 is 15.9 Å². The highest BCUT2D eigenvalue weighted by molar-refractivity contribution is 9.10. The number of amides is 1. The molecule has 1 N–H and O–H groups in total. The number of hydrogen-bond acceptors (Lipinski definition) is 2. The fraction of sp³-hybridized carbons (Fsp3) is 0.500. The van der Waals surface area contributed by atoms with Gasteiger partial charge in [-0.05, 0) is 31.0 Å². The Hall–Kier alpha value is -1.03. The molecule has 1 aromatic carbocycles. The third kappa shape index (κ3) is 3.48. The van der Waals surface area contributed by atoms with E-state index in [0.717, 1.165) is 30.4 Å². The number of nitrogens with one attached hydrogen (secondary N) is 1. The molecular formula is C14H19BrN2O. The molecule has 1 aliphatic heterocycles. The molecule has 0 unspecified atom stereocenters. The highest BCUT2D eigenvalue weighted by atomic mass is 79.9. The van der Waals surface area contributed by atoms with Crippen LogP contribution in [0, 0.1) is 0 Å². The summed E-state index contributed by atoms with van der Waals surface area (Å²) in [5.41, 5.74) is 1.25. The molecular weight excluding hydrogens is 292 g/mol.